The molecule has 7 heteroatoms. The summed E-state index contributed by atoms with van der Waals surface area (Å²) in [4.78, 5) is 22.8. The van der Waals surface area contributed by atoms with Gasteiger partial charge in [-0.3, -0.25) is 15.5 Å². The molecule has 0 heterocycles. The molecule has 0 spiro atoms. The lowest BCUT2D eigenvalue weighted by atomic mass is 10.2. The van der Waals surface area contributed by atoms with E-state index < -0.39 is 23.3 Å². The third-order valence-corrected chi connectivity index (χ3v) is 1.79. The van der Waals surface area contributed by atoms with E-state index in [1.165, 1.54) is 6.42 Å². The fourth-order valence-corrected chi connectivity index (χ4v) is 1.18. The van der Waals surface area contributed by atoms with Gasteiger partial charge in [-0.25, -0.2) is 4.79 Å². The number of ether oxygens (including phenoxy) is 2. The standard InChI is InChI=1S/C14H26N3O4/c1-13(2,3)20-10(18)8-7-9-16-11(15)17-12(19)21-14(4,5)6/h8H,7,9H2,1-6H3,(H3,15,16,17,19). The van der Waals surface area contributed by atoms with Gasteiger partial charge in [-0.05, 0) is 48.0 Å². The van der Waals surface area contributed by atoms with Gasteiger partial charge in [0.2, 0.25) is 0 Å². The van der Waals surface area contributed by atoms with Crippen LogP contribution in [0.3, 0.4) is 0 Å². The normalized spacial score (nSPS) is 11.5. The number of nitrogens with one attached hydrogen (secondary N) is 3. The Morgan fingerprint density at radius 3 is 2.05 bits per heavy atom. The molecule has 121 valence electrons. The minimum Gasteiger partial charge on any atom is -0.460 e. The van der Waals surface area contributed by atoms with Crippen LogP contribution < -0.4 is 10.6 Å². The first-order chi connectivity index (χ1) is 9.39. The van der Waals surface area contributed by atoms with Gasteiger partial charge in [-0.2, -0.15) is 0 Å². The Hall–Kier alpha value is -1.79. The Labute approximate surface area is 126 Å². The van der Waals surface area contributed by atoms with E-state index in [0.717, 1.165) is 0 Å². The van der Waals surface area contributed by atoms with E-state index in [2.05, 4.69) is 10.6 Å². The number of rotatable bonds is 4. The number of carbonyl (C=O) groups excluding carboxylic acids is 2. The molecule has 0 aromatic heterocycles. The van der Waals surface area contributed by atoms with Crippen molar-refractivity contribution in [2.24, 2.45) is 0 Å². The molecule has 21 heavy (non-hydrogen) atoms. The fraction of sp³-hybridized carbons (Fsp3) is 0.714. The predicted octanol–water partition coefficient (Wildman–Crippen LogP) is 1.97. The van der Waals surface area contributed by atoms with Crippen molar-refractivity contribution in [3.63, 3.8) is 0 Å². The summed E-state index contributed by atoms with van der Waals surface area (Å²) in [6.07, 6.45) is 1.07. The third kappa shape index (κ3) is 13.0. The first-order valence-electron chi connectivity index (χ1n) is 6.78. The monoisotopic (exact) mass is 300 g/mol. The van der Waals surface area contributed by atoms with E-state index in [4.69, 9.17) is 14.9 Å². The molecule has 0 saturated carbocycles. The van der Waals surface area contributed by atoms with Gasteiger partial charge < -0.3 is 14.8 Å². The maximum absolute atomic E-state index is 11.4. The lowest BCUT2D eigenvalue weighted by Crippen LogP contribution is -2.43. The minimum atomic E-state index is -0.698. The molecule has 0 bridgehead atoms. The molecular weight excluding hydrogens is 274 g/mol. The summed E-state index contributed by atoms with van der Waals surface area (Å²) in [5.41, 5.74) is -1.14. The zero-order valence-corrected chi connectivity index (χ0v) is 13.6. The van der Waals surface area contributed by atoms with Gasteiger partial charge in [0.15, 0.2) is 5.96 Å². The van der Waals surface area contributed by atoms with E-state index in [-0.39, 0.29) is 5.96 Å². The average molecular weight is 300 g/mol. The highest BCUT2D eigenvalue weighted by molar-refractivity contribution is 5.92. The maximum Gasteiger partial charge on any atom is 0.414 e. The minimum absolute atomic E-state index is 0.179. The van der Waals surface area contributed by atoms with Crippen molar-refractivity contribution in [3.8, 4) is 0 Å². The van der Waals surface area contributed by atoms with Crippen molar-refractivity contribution in [2.45, 2.75) is 59.2 Å². The quantitative estimate of drug-likeness (QED) is 0.319. The van der Waals surface area contributed by atoms with E-state index in [1.54, 1.807) is 41.5 Å². The van der Waals surface area contributed by atoms with Crippen LogP contribution in [0.4, 0.5) is 4.79 Å². The zero-order valence-electron chi connectivity index (χ0n) is 13.6. The smallest absolute Gasteiger partial charge is 0.414 e. The van der Waals surface area contributed by atoms with Crippen molar-refractivity contribution in [2.75, 3.05) is 6.54 Å². The Kier molecular flexibility index (Phi) is 7.18. The van der Waals surface area contributed by atoms with Crippen LogP contribution in [0.5, 0.6) is 0 Å². The van der Waals surface area contributed by atoms with Gasteiger partial charge in [-0.15, -0.1) is 0 Å². The number of alkyl carbamates (subject to hydrolysis) is 1. The summed E-state index contributed by atoms with van der Waals surface area (Å²) in [5, 5.41) is 12.4. The van der Waals surface area contributed by atoms with Crippen molar-refractivity contribution < 1.29 is 19.1 Å². The molecule has 0 aliphatic carbocycles. The molecule has 1 radical (unpaired) electrons. The van der Waals surface area contributed by atoms with Crippen molar-refractivity contribution in [3.05, 3.63) is 6.42 Å². The summed E-state index contributed by atoms with van der Waals surface area (Å²) in [7, 11) is 0. The highest BCUT2D eigenvalue weighted by atomic mass is 16.6. The van der Waals surface area contributed by atoms with Gasteiger partial charge in [0.25, 0.3) is 0 Å². The Morgan fingerprint density at radius 2 is 1.57 bits per heavy atom. The molecule has 0 saturated heterocycles. The fourth-order valence-electron chi connectivity index (χ4n) is 1.18. The molecule has 0 aromatic carbocycles. The number of hydrogen-bond acceptors (Lipinski definition) is 5. The maximum atomic E-state index is 11.4. The summed E-state index contributed by atoms with van der Waals surface area (Å²) in [5.74, 6) is -0.585. The van der Waals surface area contributed by atoms with Crippen LogP contribution in [-0.2, 0) is 14.3 Å². The Morgan fingerprint density at radius 1 is 1.05 bits per heavy atom. The first-order valence-corrected chi connectivity index (χ1v) is 6.78. The SMILES string of the molecule is CC(C)(C)OC(=O)[CH]CCNC(=N)NC(=O)OC(C)(C)C. The molecule has 3 N–H and O–H groups in total. The summed E-state index contributed by atoms with van der Waals surface area (Å²) < 4.78 is 10.1. The highest BCUT2D eigenvalue weighted by Crippen LogP contribution is 2.08. The predicted molar refractivity (Wildman–Crippen MR) is 79.9 cm³/mol. The number of guanidine groups is 1. The molecule has 0 rings (SSSR count). The number of carbonyl (C=O) groups is 2. The van der Waals surface area contributed by atoms with Crippen LogP contribution in [0, 0.1) is 11.8 Å². The van der Waals surface area contributed by atoms with Crippen LogP contribution in [-0.4, -0.2) is 35.8 Å². The molecule has 1 amide bonds. The molecule has 0 fully saturated rings. The van der Waals surface area contributed by atoms with E-state index >= 15 is 0 Å². The van der Waals surface area contributed by atoms with Crippen LogP contribution >= 0.6 is 0 Å². The molecule has 0 aliphatic heterocycles. The summed E-state index contributed by atoms with van der Waals surface area (Å²) in [6.45, 7) is 10.9. The number of esters is 1. The molecule has 0 atom stereocenters. The summed E-state index contributed by atoms with van der Waals surface area (Å²) in [6, 6.07) is 0. The second kappa shape index (κ2) is 7.85. The Balaban J connectivity index is 3.81. The topological polar surface area (TPSA) is 101 Å². The van der Waals surface area contributed by atoms with Crippen molar-refractivity contribution >= 4 is 18.0 Å². The van der Waals surface area contributed by atoms with E-state index in [0.29, 0.717) is 13.0 Å². The molecule has 0 aliphatic rings. The van der Waals surface area contributed by atoms with Crippen LogP contribution in [0.25, 0.3) is 0 Å². The zero-order chi connectivity index (χ0) is 16.7. The molecule has 0 aromatic rings. The van der Waals surface area contributed by atoms with Crippen LogP contribution in [0.2, 0.25) is 0 Å². The van der Waals surface area contributed by atoms with Crippen molar-refractivity contribution in [1.29, 1.82) is 5.41 Å². The number of hydrogen-bond donors (Lipinski definition) is 3. The molecule has 7 nitrogen and oxygen atoms in total. The Bertz CT molecular complexity index is 381. The van der Waals surface area contributed by atoms with Crippen LogP contribution in [0.1, 0.15) is 48.0 Å². The second-order valence-electron chi connectivity index (χ2n) is 6.45. The van der Waals surface area contributed by atoms with Crippen LogP contribution in [0.15, 0.2) is 0 Å². The van der Waals surface area contributed by atoms with Gasteiger partial charge in [-0.1, -0.05) is 0 Å². The highest BCUT2D eigenvalue weighted by Gasteiger charge is 2.17. The van der Waals surface area contributed by atoms with Crippen molar-refractivity contribution in [1.82, 2.24) is 10.6 Å². The van der Waals surface area contributed by atoms with E-state index in [9.17, 15) is 9.59 Å². The third-order valence-electron chi connectivity index (χ3n) is 1.79. The summed E-state index contributed by atoms with van der Waals surface area (Å²) >= 11 is 0. The average Bonchev–Trinajstić information content (AvgIpc) is 2.18. The lowest BCUT2D eigenvalue weighted by Gasteiger charge is -2.20. The first kappa shape index (κ1) is 19.2. The lowest BCUT2D eigenvalue weighted by molar-refractivity contribution is -0.150. The van der Waals surface area contributed by atoms with E-state index in [1.807, 2.05) is 0 Å². The number of amides is 1. The molecular formula is C14H26N3O4. The van der Waals surface area contributed by atoms with Gasteiger partial charge in [0, 0.05) is 6.54 Å². The second-order valence-corrected chi connectivity index (χ2v) is 6.45. The van der Waals surface area contributed by atoms with Gasteiger partial charge in [0.05, 0.1) is 6.42 Å². The largest absolute Gasteiger partial charge is 0.460 e. The molecule has 0 unspecified atom stereocenters. The van der Waals surface area contributed by atoms with Gasteiger partial charge >= 0.3 is 12.1 Å². The van der Waals surface area contributed by atoms with Gasteiger partial charge in [0.1, 0.15) is 11.2 Å².